The van der Waals surface area contributed by atoms with Gasteiger partial charge in [-0.25, -0.2) is 0 Å². The molecule has 0 radical (unpaired) electrons. The van der Waals surface area contributed by atoms with Gasteiger partial charge in [0.15, 0.2) is 0 Å². The van der Waals surface area contributed by atoms with Crippen LogP contribution in [-0.4, -0.2) is 17.4 Å². The molecule has 138 valence electrons. The van der Waals surface area contributed by atoms with Gasteiger partial charge in [0, 0.05) is 11.1 Å². The van der Waals surface area contributed by atoms with Crippen molar-refractivity contribution in [1.82, 2.24) is 5.32 Å². The summed E-state index contributed by atoms with van der Waals surface area (Å²) in [5.74, 6) is -1.25. The molecule has 1 atom stereocenters. The van der Waals surface area contributed by atoms with Gasteiger partial charge in [-0.2, -0.15) is 13.2 Å². The van der Waals surface area contributed by atoms with Crippen LogP contribution in [0.1, 0.15) is 38.3 Å². The van der Waals surface area contributed by atoms with Crippen molar-refractivity contribution in [3.63, 3.8) is 0 Å². The van der Waals surface area contributed by atoms with Gasteiger partial charge in [0.05, 0.1) is 5.56 Å². The smallest absolute Gasteiger partial charge is 0.368 e. The predicted octanol–water partition coefficient (Wildman–Crippen LogP) is 3.78. The minimum atomic E-state index is -4.52. The number of nitrogens with one attached hydrogen (secondary N) is 1. The van der Waals surface area contributed by atoms with Gasteiger partial charge >= 0.3 is 6.18 Å². The number of halogens is 4. The molecule has 0 spiro atoms. The van der Waals surface area contributed by atoms with Crippen molar-refractivity contribution in [3.05, 3.63) is 40.4 Å². The summed E-state index contributed by atoms with van der Waals surface area (Å²) in [6, 6.07) is 2.80. The molecule has 0 aliphatic rings. The van der Waals surface area contributed by atoms with Crippen LogP contribution < -0.4 is 11.1 Å². The van der Waals surface area contributed by atoms with Crippen molar-refractivity contribution in [2.24, 2.45) is 11.7 Å². The molecule has 0 heterocycles. The zero-order valence-electron chi connectivity index (χ0n) is 14.1. The Kier molecular flexibility index (Phi) is 6.65. The van der Waals surface area contributed by atoms with E-state index in [2.05, 4.69) is 5.32 Å². The zero-order chi connectivity index (χ0) is 19.4. The van der Waals surface area contributed by atoms with Gasteiger partial charge < -0.3 is 11.1 Å². The molecule has 25 heavy (non-hydrogen) atoms. The summed E-state index contributed by atoms with van der Waals surface area (Å²) in [7, 11) is 0. The third-order valence-electron chi connectivity index (χ3n) is 3.50. The Hall–Kier alpha value is -2.02. The molecule has 0 saturated heterocycles. The van der Waals surface area contributed by atoms with Crippen LogP contribution in [0.25, 0.3) is 6.08 Å². The third-order valence-corrected chi connectivity index (χ3v) is 3.84. The second-order valence-corrected chi connectivity index (χ2v) is 6.76. The normalized spacial score (nSPS) is 14.6. The number of hydrogen-bond donors (Lipinski definition) is 2. The van der Waals surface area contributed by atoms with E-state index in [-0.39, 0.29) is 16.5 Å². The summed E-state index contributed by atoms with van der Waals surface area (Å²) in [6.45, 7) is 5.23. The highest BCUT2D eigenvalue weighted by molar-refractivity contribution is 6.32. The molecule has 0 bridgehead atoms. The number of alkyl halides is 3. The van der Waals surface area contributed by atoms with E-state index in [1.54, 1.807) is 0 Å². The second kappa shape index (κ2) is 7.91. The van der Waals surface area contributed by atoms with E-state index in [0.29, 0.717) is 6.42 Å². The summed E-state index contributed by atoms with van der Waals surface area (Å²) < 4.78 is 38.2. The fourth-order valence-electron chi connectivity index (χ4n) is 2.36. The summed E-state index contributed by atoms with van der Waals surface area (Å²) >= 11 is 5.86. The number of benzene rings is 1. The summed E-state index contributed by atoms with van der Waals surface area (Å²) in [6.07, 6.45) is -2.02. The average Bonchev–Trinajstić information content (AvgIpc) is 2.44. The Balaban J connectivity index is 2.98. The number of rotatable bonds is 6. The molecular weight excluding hydrogens is 357 g/mol. The Labute approximate surface area is 149 Å². The number of amides is 2. The number of carbonyl (C=O) groups is 2. The minimum absolute atomic E-state index is 0.0382. The lowest BCUT2D eigenvalue weighted by Gasteiger charge is -2.28. The van der Waals surface area contributed by atoms with Crippen molar-refractivity contribution in [2.45, 2.75) is 38.9 Å². The molecule has 8 heteroatoms. The first-order valence-electron chi connectivity index (χ1n) is 7.52. The molecule has 3 N–H and O–H groups in total. The fourth-order valence-corrected chi connectivity index (χ4v) is 2.54. The molecule has 4 nitrogen and oxygen atoms in total. The molecule has 1 unspecified atom stereocenters. The maximum absolute atomic E-state index is 12.7. The number of primary amides is 1. The fraction of sp³-hybridized carbons (Fsp3) is 0.412. The Morgan fingerprint density at radius 1 is 1.32 bits per heavy atom. The third kappa shape index (κ3) is 6.08. The zero-order valence-corrected chi connectivity index (χ0v) is 14.8. The molecule has 1 aromatic carbocycles. The van der Waals surface area contributed by atoms with Crippen LogP contribution in [0.3, 0.4) is 0 Å². The number of nitrogens with two attached hydrogens (primary N) is 1. The van der Waals surface area contributed by atoms with Crippen molar-refractivity contribution < 1.29 is 22.8 Å². The first-order chi connectivity index (χ1) is 11.3. The van der Waals surface area contributed by atoms with Crippen LogP contribution in [0.15, 0.2) is 24.3 Å². The molecule has 0 aliphatic heterocycles. The molecule has 1 aromatic rings. The van der Waals surface area contributed by atoms with Crippen LogP contribution in [0.5, 0.6) is 0 Å². The molecule has 0 fully saturated rings. The molecule has 0 aliphatic carbocycles. The Bertz CT molecular complexity index is 687. The van der Waals surface area contributed by atoms with Crippen molar-refractivity contribution in [1.29, 1.82) is 0 Å². The average molecular weight is 377 g/mol. The van der Waals surface area contributed by atoms with Crippen LogP contribution >= 0.6 is 11.6 Å². The molecular formula is C17H20ClF3N2O2. The lowest BCUT2D eigenvalue weighted by molar-refractivity contribution is -0.137. The summed E-state index contributed by atoms with van der Waals surface area (Å²) in [4.78, 5) is 23.7. The van der Waals surface area contributed by atoms with Gasteiger partial charge in [-0.05, 0) is 49.1 Å². The van der Waals surface area contributed by atoms with E-state index in [1.807, 2.05) is 13.8 Å². The van der Waals surface area contributed by atoms with Gasteiger partial charge in [-0.1, -0.05) is 25.4 Å². The maximum Gasteiger partial charge on any atom is 0.416 e. The highest BCUT2D eigenvalue weighted by Crippen LogP contribution is 2.32. The minimum Gasteiger partial charge on any atom is -0.368 e. The topological polar surface area (TPSA) is 72.2 Å². The quantitative estimate of drug-likeness (QED) is 0.741. The Morgan fingerprint density at radius 3 is 2.40 bits per heavy atom. The lowest BCUT2D eigenvalue weighted by Crippen LogP contribution is -2.55. The Morgan fingerprint density at radius 2 is 1.92 bits per heavy atom. The van der Waals surface area contributed by atoms with Crippen molar-refractivity contribution in [3.8, 4) is 0 Å². The van der Waals surface area contributed by atoms with E-state index >= 15 is 0 Å². The van der Waals surface area contributed by atoms with Crippen LogP contribution in [-0.2, 0) is 15.8 Å². The monoisotopic (exact) mass is 376 g/mol. The first kappa shape index (κ1) is 21.0. The lowest BCUT2D eigenvalue weighted by atomic mass is 9.90. The highest BCUT2D eigenvalue weighted by atomic mass is 35.5. The standard InChI is InChI=1S/C17H20ClF3N2O2/c1-10(2)9-16(3,15(22)25)23-14(24)7-4-11-8-12(17(19,20)21)5-6-13(11)18/h4-8,10H,9H2,1-3H3,(H2,22,25)(H,23,24)/b7-4+. The van der Waals surface area contributed by atoms with Gasteiger partial charge in [0.2, 0.25) is 11.8 Å². The van der Waals surface area contributed by atoms with E-state index in [9.17, 15) is 22.8 Å². The maximum atomic E-state index is 12.7. The number of hydrogen-bond acceptors (Lipinski definition) is 2. The van der Waals surface area contributed by atoms with E-state index < -0.39 is 29.1 Å². The number of carbonyl (C=O) groups excluding carboxylic acids is 2. The largest absolute Gasteiger partial charge is 0.416 e. The van der Waals surface area contributed by atoms with E-state index in [4.69, 9.17) is 17.3 Å². The van der Waals surface area contributed by atoms with Crippen LogP contribution in [0, 0.1) is 5.92 Å². The summed E-state index contributed by atoms with van der Waals surface area (Å²) in [5, 5.41) is 2.56. The molecule has 1 rings (SSSR count). The van der Waals surface area contributed by atoms with E-state index in [1.165, 1.54) is 6.92 Å². The van der Waals surface area contributed by atoms with Gasteiger partial charge in [-0.3, -0.25) is 9.59 Å². The van der Waals surface area contributed by atoms with Crippen LogP contribution in [0.4, 0.5) is 13.2 Å². The highest BCUT2D eigenvalue weighted by Gasteiger charge is 2.33. The first-order valence-corrected chi connectivity index (χ1v) is 7.90. The summed E-state index contributed by atoms with van der Waals surface area (Å²) in [5.41, 5.74) is 3.25. The van der Waals surface area contributed by atoms with Crippen molar-refractivity contribution in [2.75, 3.05) is 0 Å². The van der Waals surface area contributed by atoms with Gasteiger partial charge in [0.25, 0.3) is 0 Å². The second-order valence-electron chi connectivity index (χ2n) is 6.35. The van der Waals surface area contributed by atoms with Gasteiger partial charge in [0.1, 0.15) is 5.54 Å². The molecule has 0 saturated carbocycles. The molecule has 2 amide bonds. The van der Waals surface area contributed by atoms with Crippen LogP contribution in [0.2, 0.25) is 5.02 Å². The predicted molar refractivity (Wildman–Crippen MR) is 90.7 cm³/mol. The molecule has 0 aromatic heterocycles. The van der Waals surface area contributed by atoms with Crippen molar-refractivity contribution >= 4 is 29.5 Å². The van der Waals surface area contributed by atoms with Gasteiger partial charge in [-0.15, -0.1) is 0 Å². The SMILES string of the molecule is CC(C)CC(C)(NC(=O)/C=C/c1cc(C(F)(F)F)ccc1Cl)C(N)=O. The van der Waals surface area contributed by atoms with E-state index in [0.717, 1.165) is 30.4 Å².